The van der Waals surface area contributed by atoms with Crippen molar-refractivity contribution in [2.24, 2.45) is 5.41 Å². The normalized spacial score (nSPS) is 22.5. The number of hydrogen-bond donors (Lipinski definition) is 1. The largest absolute Gasteiger partial charge is 0.414 e. The molecule has 0 unspecified atom stereocenters. The van der Waals surface area contributed by atoms with Crippen LogP contribution in [-0.4, -0.2) is 78.2 Å². The lowest BCUT2D eigenvalue weighted by Crippen LogP contribution is -2.49. The maximum atomic E-state index is 14.3. The number of Topliss-reactive ketones (excluding diaryl/α,β-unsaturated/α-hetero) is 1. The Kier molecular flexibility index (Phi) is 14.1. The minimum absolute atomic E-state index is 0.0829. The number of carbonyl (C=O) groups is 1. The van der Waals surface area contributed by atoms with Gasteiger partial charge in [0.1, 0.15) is 12.2 Å². The molecule has 274 valence electrons. The summed E-state index contributed by atoms with van der Waals surface area (Å²) < 4.78 is 31.7. The van der Waals surface area contributed by atoms with Gasteiger partial charge in [0.15, 0.2) is 19.9 Å². The van der Waals surface area contributed by atoms with E-state index in [4.69, 9.17) is 23.4 Å². The number of hydrogen-bond acceptors (Lipinski definition) is 9. The van der Waals surface area contributed by atoms with Gasteiger partial charge in [-0.2, -0.15) is 0 Å². The van der Waals surface area contributed by atoms with Crippen molar-refractivity contribution in [3.8, 4) is 0 Å². The Bertz CT molecular complexity index is 1310. The van der Waals surface area contributed by atoms with Gasteiger partial charge in [-0.25, -0.2) is 0 Å². The molecule has 2 aromatic rings. The molecular formula is C39H60O7S2Si. The van der Waals surface area contributed by atoms with Gasteiger partial charge >= 0.3 is 0 Å². The quantitative estimate of drug-likeness (QED) is 0.161. The maximum absolute atomic E-state index is 14.3. The van der Waals surface area contributed by atoms with Crippen molar-refractivity contribution in [1.82, 2.24) is 0 Å². The summed E-state index contributed by atoms with van der Waals surface area (Å²) in [6, 6.07) is 19.7. The van der Waals surface area contributed by atoms with Gasteiger partial charge in [-0.3, -0.25) is 4.79 Å². The third kappa shape index (κ3) is 11.6. The molecule has 2 aliphatic heterocycles. The first-order valence-corrected chi connectivity index (χ1v) is 22.6. The summed E-state index contributed by atoms with van der Waals surface area (Å²) in [6.45, 7) is 20.2. The number of benzene rings is 2. The molecule has 0 radical (unpaired) electrons. The summed E-state index contributed by atoms with van der Waals surface area (Å²) in [5.74, 6) is 1.05. The summed E-state index contributed by atoms with van der Waals surface area (Å²) in [7, 11) is -2.01. The lowest BCUT2D eigenvalue weighted by Gasteiger charge is -2.42. The number of ether oxygens (including phenoxy) is 4. The van der Waals surface area contributed by atoms with Crippen LogP contribution in [0, 0.1) is 5.41 Å². The van der Waals surface area contributed by atoms with Crippen molar-refractivity contribution in [3.05, 3.63) is 71.8 Å². The number of aliphatic hydroxyl groups is 1. The summed E-state index contributed by atoms with van der Waals surface area (Å²) >= 11 is 3.72. The average molecular weight is 733 g/mol. The predicted molar refractivity (Wildman–Crippen MR) is 204 cm³/mol. The van der Waals surface area contributed by atoms with Crippen LogP contribution in [0.2, 0.25) is 18.1 Å². The van der Waals surface area contributed by atoms with Gasteiger partial charge < -0.3 is 28.5 Å². The second kappa shape index (κ2) is 17.1. The Labute approximate surface area is 305 Å². The van der Waals surface area contributed by atoms with Gasteiger partial charge in [0, 0.05) is 18.3 Å². The SMILES string of the molecule is CC1(C)O[C@H](CO[Si](C)(C)C(C)(C)C)[C@@H](CC2(C[C@@H](O)[C@@H](OCc3ccccc3)C(=O)C(C)(C)COCc3ccccc3)SCCCS2)O1. The Morgan fingerprint density at radius 3 is 2.04 bits per heavy atom. The molecule has 1 N–H and O–H groups in total. The second-order valence-corrected chi connectivity index (χ2v) is 24.2. The lowest BCUT2D eigenvalue weighted by atomic mass is 9.83. The van der Waals surface area contributed by atoms with Gasteiger partial charge in [-0.05, 0) is 61.0 Å². The topological polar surface area (TPSA) is 83.5 Å². The Balaban J connectivity index is 1.52. The highest BCUT2D eigenvalue weighted by atomic mass is 32.2. The lowest BCUT2D eigenvalue weighted by molar-refractivity contribution is -0.152. The van der Waals surface area contributed by atoms with Crippen molar-refractivity contribution >= 4 is 37.6 Å². The van der Waals surface area contributed by atoms with E-state index in [2.05, 4.69) is 33.9 Å². The molecule has 4 atom stereocenters. The highest BCUT2D eigenvalue weighted by Crippen LogP contribution is 2.51. The molecule has 2 fully saturated rings. The molecule has 0 bridgehead atoms. The molecule has 0 spiro atoms. The van der Waals surface area contributed by atoms with E-state index in [1.165, 1.54) is 0 Å². The summed E-state index contributed by atoms with van der Waals surface area (Å²) in [4.78, 5) is 14.3. The highest BCUT2D eigenvalue weighted by Gasteiger charge is 2.50. The van der Waals surface area contributed by atoms with E-state index in [0.29, 0.717) is 26.1 Å². The van der Waals surface area contributed by atoms with E-state index >= 15 is 0 Å². The van der Waals surface area contributed by atoms with E-state index in [1.807, 2.05) is 112 Å². The van der Waals surface area contributed by atoms with Crippen LogP contribution in [0.25, 0.3) is 0 Å². The van der Waals surface area contributed by atoms with Gasteiger partial charge in [-0.1, -0.05) is 95.3 Å². The highest BCUT2D eigenvalue weighted by molar-refractivity contribution is 8.18. The van der Waals surface area contributed by atoms with E-state index in [-0.39, 0.29) is 40.3 Å². The van der Waals surface area contributed by atoms with E-state index in [0.717, 1.165) is 29.1 Å². The molecule has 10 heteroatoms. The van der Waals surface area contributed by atoms with Gasteiger partial charge in [0.25, 0.3) is 0 Å². The Morgan fingerprint density at radius 2 is 1.47 bits per heavy atom. The molecule has 2 heterocycles. The van der Waals surface area contributed by atoms with Crippen molar-refractivity contribution in [2.45, 2.75) is 133 Å². The van der Waals surface area contributed by atoms with Gasteiger partial charge in [0.2, 0.25) is 0 Å². The van der Waals surface area contributed by atoms with Crippen LogP contribution in [-0.2, 0) is 41.4 Å². The zero-order chi connectivity index (χ0) is 35.9. The second-order valence-electron chi connectivity index (χ2n) is 16.2. The molecule has 0 aliphatic carbocycles. The number of thioether (sulfide) groups is 2. The van der Waals surface area contributed by atoms with Crippen LogP contribution in [0.1, 0.15) is 78.9 Å². The first-order chi connectivity index (χ1) is 22.9. The Hall–Kier alpha value is -1.21. The van der Waals surface area contributed by atoms with Crippen LogP contribution in [0.3, 0.4) is 0 Å². The summed E-state index contributed by atoms with van der Waals surface area (Å²) in [5.41, 5.74) is 1.12. The fourth-order valence-electron chi connectivity index (χ4n) is 5.97. The van der Waals surface area contributed by atoms with Crippen LogP contribution in [0.5, 0.6) is 0 Å². The zero-order valence-electron chi connectivity index (χ0n) is 31.2. The number of ketones is 1. The third-order valence-corrected chi connectivity index (χ3v) is 17.8. The van der Waals surface area contributed by atoms with Crippen LogP contribution < -0.4 is 0 Å². The zero-order valence-corrected chi connectivity index (χ0v) is 33.8. The van der Waals surface area contributed by atoms with E-state index < -0.39 is 31.7 Å². The standard InChI is InChI=1S/C39H60O7S2Si/c1-36(2,3)49(8,9)44-27-33-32(45-38(6,7)46-33)24-39(47-21-16-22-48-39)23-31(40)34(43-26-30-19-14-11-15-20-30)35(41)37(4,5)28-42-25-29-17-12-10-13-18-29/h10-15,17-20,31-34,40H,16,21-28H2,1-9H3/t31-,32-,33-,34-/m1/s1. The minimum atomic E-state index is -2.01. The first kappa shape index (κ1) is 40.6. The molecular weight excluding hydrogens is 673 g/mol. The molecule has 0 amide bonds. The minimum Gasteiger partial charge on any atom is -0.414 e. The summed E-state index contributed by atoms with van der Waals surface area (Å²) in [6.07, 6.45) is -0.356. The van der Waals surface area contributed by atoms with Crippen molar-refractivity contribution < 1.29 is 33.3 Å². The van der Waals surface area contributed by atoms with E-state index in [1.54, 1.807) is 0 Å². The predicted octanol–water partition coefficient (Wildman–Crippen LogP) is 8.63. The van der Waals surface area contributed by atoms with E-state index in [9.17, 15) is 9.90 Å². The fourth-order valence-corrected chi connectivity index (χ4v) is 10.5. The first-order valence-electron chi connectivity index (χ1n) is 17.7. The molecule has 49 heavy (non-hydrogen) atoms. The molecule has 4 rings (SSSR count). The van der Waals surface area contributed by atoms with Crippen molar-refractivity contribution in [3.63, 3.8) is 0 Å². The number of rotatable bonds is 17. The Morgan fingerprint density at radius 1 is 0.918 bits per heavy atom. The van der Waals surface area contributed by atoms with Crippen LogP contribution >= 0.6 is 23.5 Å². The van der Waals surface area contributed by atoms with Gasteiger partial charge in [0.05, 0.1) is 42.7 Å². The van der Waals surface area contributed by atoms with Gasteiger partial charge in [-0.15, -0.1) is 23.5 Å². The maximum Gasteiger partial charge on any atom is 0.192 e. The van der Waals surface area contributed by atoms with Crippen LogP contribution in [0.15, 0.2) is 60.7 Å². The number of aliphatic hydroxyl groups excluding tert-OH is 1. The van der Waals surface area contributed by atoms with Crippen molar-refractivity contribution in [2.75, 3.05) is 24.7 Å². The molecule has 2 saturated heterocycles. The average Bonchev–Trinajstić information content (AvgIpc) is 3.32. The third-order valence-electron chi connectivity index (χ3n) is 9.87. The molecule has 2 aliphatic rings. The van der Waals surface area contributed by atoms with Crippen LogP contribution in [0.4, 0.5) is 0 Å². The van der Waals surface area contributed by atoms with Crippen molar-refractivity contribution in [1.29, 1.82) is 0 Å². The monoisotopic (exact) mass is 732 g/mol. The smallest absolute Gasteiger partial charge is 0.192 e. The molecule has 0 aromatic heterocycles. The summed E-state index contributed by atoms with van der Waals surface area (Å²) in [5, 5.41) is 12.2. The molecule has 2 aromatic carbocycles. The number of carbonyl (C=O) groups excluding carboxylic acids is 1. The molecule has 0 saturated carbocycles. The molecule has 7 nitrogen and oxygen atoms in total. The fraction of sp³-hybridized carbons (Fsp3) is 0.667.